The monoisotopic (exact) mass is 289 g/mol. The van der Waals surface area contributed by atoms with Crippen molar-refractivity contribution in [2.24, 2.45) is 0 Å². The van der Waals surface area contributed by atoms with Crippen molar-refractivity contribution in [2.45, 2.75) is 83.6 Å². The minimum atomic E-state index is -3.03. The second-order valence-corrected chi connectivity index (χ2v) is 7.87. The molecule has 0 spiro atoms. The van der Waals surface area contributed by atoms with Crippen molar-refractivity contribution in [3.05, 3.63) is 0 Å². The van der Waals surface area contributed by atoms with Crippen LogP contribution in [0.5, 0.6) is 0 Å². The predicted octanol–water partition coefficient (Wildman–Crippen LogP) is 3.94. The first-order valence-corrected chi connectivity index (χ1v) is 9.87. The van der Waals surface area contributed by atoms with Crippen LogP contribution in [0, 0.1) is 0 Å². The van der Waals surface area contributed by atoms with Crippen LogP contribution in [0.25, 0.3) is 0 Å². The Kier molecular flexibility index (Phi) is 8.00. The molecule has 0 aromatic carbocycles. The van der Waals surface area contributed by atoms with Crippen LogP contribution in [-0.4, -0.2) is 31.6 Å². The molecule has 0 N–H and O–H groups in total. The van der Waals surface area contributed by atoms with Gasteiger partial charge in [-0.3, -0.25) is 0 Å². The summed E-state index contributed by atoms with van der Waals surface area (Å²) in [4.78, 5) is 0. The lowest BCUT2D eigenvalue weighted by Gasteiger charge is -2.32. The average Bonchev–Trinajstić information content (AvgIpc) is 2.37. The molecule has 1 fully saturated rings. The van der Waals surface area contributed by atoms with Gasteiger partial charge in [-0.2, -0.15) is 4.31 Å². The summed E-state index contributed by atoms with van der Waals surface area (Å²) in [5, 5.41) is 0. The Morgan fingerprint density at radius 3 is 2.11 bits per heavy atom. The number of hydrogen-bond acceptors (Lipinski definition) is 2. The van der Waals surface area contributed by atoms with Gasteiger partial charge in [0.1, 0.15) is 0 Å². The van der Waals surface area contributed by atoms with Crippen LogP contribution in [0.3, 0.4) is 0 Å². The summed E-state index contributed by atoms with van der Waals surface area (Å²) in [5.74, 6) is 0. The van der Waals surface area contributed by atoms with E-state index in [4.69, 9.17) is 0 Å². The fourth-order valence-corrected chi connectivity index (χ4v) is 4.25. The maximum absolute atomic E-state index is 11.9. The standard InChI is InChI=1S/C15H31NO2S/c1-3-4-5-6-7-11-14-16(19(2,17)18)15-12-9-8-10-13-15/h15H,3-14H2,1-2H3. The minimum absolute atomic E-state index is 0.277. The molecule has 0 heterocycles. The van der Waals surface area contributed by atoms with Gasteiger partial charge in [0.2, 0.25) is 10.0 Å². The Hall–Kier alpha value is -0.0900. The Morgan fingerprint density at radius 2 is 1.53 bits per heavy atom. The second kappa shape index (κ2) is 8.96. The fourth-order valence-electron chi connectivity index (χ4n) is 3.04. The summed E-state index contributed by atoms with van der Waals surface area (Å²) in [5.41, 5.74) is 0. The summed E-state index contributed by atoms with van der Waals surface area (Å²) in [6.07, 6.45) is 14.4. The topological polar surface area (TPSA) is 37.4 Å². The molecule has 1 aliphatic carbocycles. The molecule has 0 aromatic heterocycles. The van der Waals surface area contributed by atoms with Crippen molar-refractivity contribution in [3.63, 3.8) is 0 Å². The van der Waals surface area contributed by atoms with Gasteiger partial charge in [-0.25, -0.2) is 8.42 Å². The third-order valence-corrected chi connectivity index (χ3v) is 5.47. The third-order valence-electron chi connectivity index (χ3n) is 4.14. The highest BCUT2D eigenvalue weighted by Gasteiger charge is 2.27. The molecule has 0 aromatic rings. The van der Waals surface area contributed by atoms with Crippen LogP contribution in [-0.2, 0) is 10.0 Å². The molecule has 0 unspecified atom stereocenters. The molecule has 3 nitrogen and oxygen atoms in total. The van der Waals surface area contributed by atoms with E-state index < -0.39 is 10.0 Å². The molecule has 0 atom stereocenters. The van der Waals surface area contributed by atoms with E-state index in [1.165, 1.54) is 57.6 Å². The molecule has 4 heteroatoms. The van der Waals surface area contributed by atoms with Gasteiger partial charge in [0.15, 0.2) is 0 Å². The predicted molar refractivity (Wildman–Crippen MR) is 81.8 cm³/mol. The van der Waals surface area contributed by atoms with E-state index in [1.807, 2.05) is 0 Å². The van der Waals surface area contributed by atoms with Gasteiger partial charge in [-0.15, -0.1) is 0 Å². The van der Waals surface area contributed by atoms with Crippen LogP contribution in [0.15, 0.2) is 0 Å². The lowest BCUT2D eigenvalue weighted by Crippen LogP contribution is -2.41. The van der Waals surface area contributed by atoms with Crippen LogP contribution < -0.4 is 0 Å². The van der Waals surface area contributed by atoms with Gasteiger partial charge in [0.25, 0.3) is 0 Å². The Balaban J connectivity index is 2.34. The van der Waals surface area contributed by atoms with Gasteiger partial charge >= 0.3 is 0 Å². The third kappa shape index (κ3) is 6.75. The van der Waals surface area contributed by atoms with Crippen molar-refractivity contribution < 1.29 is 8.42 Å². The summed E-state index contributed by atoms with van der Waals surface area (Å²) in [7, 11) is -3.03. The van der Waals surface area contributed by atoms with Crippen LogP contribution >= 0.6 is 0 Å². The zero-order valence-corrected chi connectivity index (χ0v) is 13.6. The number of rotatable bonds is 9. The largest absolute Gasteiger partial charge is 0.212 e. The van der Waals surface area contributed by atoms with Gasteiger partial charge in [0, 0.05) is 12.6 Å². The van der Waals surface area contributed by atoms with E-state index in [9.17, 15) is 8.42 Å². The maximum Gasteiger partial charge on any atom is 0.211 e. The molecule has 0 radical (unpaired) electrons. The smallest absolute Gasteiger partial charge is 0.211 e. The Bertz CT molecular complexity index is 321. The quantitative estimate of drug-likeness (QED) is 0.603. The van der Waals surface area contributed by atoms with Crippen molar-refractivity contribution >= 4 is 10.0 Å². The maximum atomic E-state index is 11.9. The summed E-state index contributed by atoms with van der Waals surface area (Å²) >= 11 is 0. The zero-order chi connectivity index (χ0) is 14.1. The summed E-state index contributed by atoms with van der Waals surface area (Å²) in [6.45, 7) is 2.95. The van der Waals surface area contributed by atoms with E-state index >= 15 is 0 Å². The molecule has 19 heavy (non-hydrogen) atoms. The molecule has 114 valence electrons. The fraction of sp³-hybridized carbons (Fsp3) is 1.00. The molecular formula is C15H31NO2S. The van der Waals surface area contributed by atoms with Gasteiger partial charge < -0.3 is 0 Å². The van der Waals surface area contributed by atoms with Crippen molar-refractivity contribution in [2.75, 3.05) is 12.8 Å². The highest BCUT2D eigenvalue weighted by molar-refractivity contribution is 7.88. The minimum Gasteiger partial charge on any atom is -0.212 e. The number of unbranched alkanes of at least 4 members (excludes halogenated alkanes) is 5. The van der Waals surface area contributed by atoms with Crippen molar-refractivity contribution in [1.29, 1.82) is 0 Å². The van der Waals surface area contributed by atoms with E-state index in [1.54, 1.807) is 4.31 Å². The number of nitrogens with zero attached hydrogens (tertiary/aromatic N) is 1. The highest BCUT2D eigenvalue weighted by atomic mass is 32.2. The molecule has 0 saturated heterocycles. The first-order chi connectivity index (χ1) is 9.05. The number of sulfonamides is 1. The van der Waals surface area contributed by atoms with Crippen LogP contribution in [0.1, 0.15) is 77.6 Å². The molecule has 0 aliphatic heterocycles. The average molecular weight is 289 g/mol. The van der Waals surface area contributed by atoms with Gasteiger partial charge in [-0.05, 0) is 19.3 Å². The molecule has 1 saturated carbocycles. The van der Waals surface area contributed by atoms with E-state index in [0.29, 0.717) is 0 Å². The molecule has 0 bridgehead atoms. The second-order valence-electron chi connectivity index (χ2n) is 5.93. The lowest BCUT2D eigenvalue weighted by atomic mass is 9.95. The molecule has 0 amide bonds. The zero-order valence-electron chi connectivity index (χ0n) is 12.7. The van der Waals surface area contributed by atoms with Gasteiger partial charge in [0.05, 0.1) is 6.26 Å². The SMILES string of the molecule is CCCCCCCCN(C1CCCCC1)S(C)(=O)=O. The highest BCUT2D eigenvalue weighted by Crippen LogP contribution is 2.24. The summed E-state index contributed by atoms with van der Waals surface area (Å²) in [6, 6.07) is 0.277. The Morgan fingerprint density at radius 1 is 0.947 bits per heavy atom. The molecular weight excluding hydrogens is 258 g/mol. The van der Waals surface area contributed by atoms with Crippen LogP contribution in [0.2, 0.25) is 0 Å². The first-order valence-electron chi connectivity index (χ1n) is 8.02. The summed E-state index contributed by atoms with van der Waals surface area (Å²) < 4.78 is 25.6. The normalized spacial score (nSPS) is 18.1. The van der Waals surface area contributed by atoms with Crippen molar-refractivity contribution in [1.82, 2.24) is 4.31 Å². The van der Waals surface area contributed by atoms with Gasteiger partial charge in [-0.1, -0.05) is 58.3 Å². The van der Waals surface area contributed by atoms with Crippen LogP contribution in [0.4, 0.5) is 0 Å². The number of hydrogen-bond donors (Lipinski definition) is 0. The van der Waals surface area contributed by atoms with E-state index in [2.05, 4.69) is 6.92 Å². The van der Waals surface area contributed by atoms with E-state index in [-0.39, 0.29) is 6.04 Å². The van der Waals surface area contributed by atoms with Crippen molar-refractivity contribution in [3.8, 4) is 0 Å². The Labute approximate surface area is 119 Å². The first kappa shape index (κ1) is 17.0. The molecule has 1 aliphatic rings. The lowest BCUT2D eigenvalue weighted by molar-refractivity contribution is 0.250. The molecule has 1 rings (SSSR count). The van der Waals surface area contributed by atoms with E-state index in [0.717, 1.165) is 25.8 Å².